The van der Waals surface area contributed by atoms with Crippen LogP contribution in [0.25, 0.3) is 0 Å². The average molecular weight is 500 g/mol. The Morgan fingerprint density at radius 1 is 0.912 bits per heavy atom. The van der Waals surface area contributed by atoms with E-state index < -0.39 is 10.0 Å². The van der Waals surface area contributed by atoms with Crippen molar-refractivity contribution in [1.29, 1.82) is 0 Å². The molecule has 0 radical (unpaired) electrons. The summed E-state index contributed by atoms with van der Waals surface area (Å²) in [5, 5.41) is 0.466. The van der Waals surface area contributed by atoms with Crippen molar-refractivity contribution in [3.05, 3.63) is 83.4 Å². The van der Waals surface area contributed by atoms with Gasteiger partial charge in [-0.05, 0) is 60.7 Å². The molecule has 34 heavy (non-hydrogen) atoms. The van der Waals surface area contributed by atoms with Crippen LogP contribution in [0.5, 0.6) is 5.75 Å². The number of sulfonamides is 1. The maximum absolute atomic E-state index is 13.0. The number of hydrogen-bond acceptors (Lipinski definition) is 5. The minimum atomic E-state index is -3.74. The zero-order valence-electron chi connectivity index (χ0n) is 19.0. The van der Waals surface area contributed by atoms with E-state index in [-0.39, 0.29) is 10.8 Å². The van der Waals surface area contributed by atoms with Gasteiger partial charge in [0.15, 0.2) is 0 Å². The number of para-hydroxylation sites is 2. The van der Waals surface area contributed by atoms with Crippen LogP contribution < -0.4 is 13.9 Å². The number of carbonyl (C=O) groups is 1. The zero-order valence-corrected chi connectivity index (χ0v) is 20.6. The van der Waals surface area contributed by atoms with Gasteiger partial charge in [0.1, 0.15) is 5.75 Å². The minimum Gasteiger partial charge on any atom is -0.495 e. The summed E-state index contributed by atoms with van der Waals surface area (Å²) in [6.07, 6.45) is 0. The molecule has 9 heteroatoms. The Morgan fingerprint density at radius 3 is 2.15 bits per heavy atom. The standard InChI is InChI=1S/C25H26ClN3O4S/c1-27(34(31,32)22-13-9-20(26)10-14-22)21-11-7-19(8-12-21)25(30)29-17-15-28(16-18-29)23-5-3-4-6-24(23)33-2/h3-14H,15-18H2,1-2H3. The Morgan fingerprint density at radius 2 is 1.53 bits per heavy atom. The second kappa shape index (κ2) is 9.95. The highest BCUT2D eigenvalue weighted by Crippen LogP contribution is 2.29. The lowest BCUT2D eigenvalue weighted by Gasteiger charge is -2.36. The first-order valence-corrected chi connectivity index (χ1v) is 12.6. The molecule has 0 atom stereocenters. The summed E-state index contributed by atoms with van der Waals surface area (Å²) in [5.41, 5.74) is 2.01. The normalized spacial score (nSPS) is 14.1. The van der Waals surface area contributed by atoms with Crippen molar-refractivity contribution in [2.45, 2.75) is 4.90 Å². The van der Waals surface area contributed by atoms with Crippen LogP contribution in [0.3, 0.4) is 0 Å². The molecule has 3 aromatic rings. The molecule has 4 rings (SSSR count). The van der Waals surface area contributed by atoms with Gasteiger partial charge in [0.05, 0.1) is 23.4 Å². The fourth-order valence-electron chi connectivity index (χ4n) is 3.94. The molecular weight excluding hydrogens is 474 g/mol. The van der Waals surface area contributed by atoms with Crippen molar-refractivity contribution in [1.82, 2.24) is 4.90 Å². The first kappa shape index (κ1) is 23.9. The largest absolute Gasteiger partial charge is 0.495 e. The molecule has 0 N–H and O–H groups in total. The van der Waals surface area contributed by atoms with Crippen LogP contribution in [0.4, 0.5) is 11.4 Å². The highest BCUT2D eigenvalue weighted by molar-refractivity contribution is 7.92. The maximum atomic E-state index is 13.0. The van der Waals surface area contributed by atoms with E-state index in [2.05, 4.69) is 4.90 Å². The number of methoxy groups -OCH3 is 1. The SMILES string of the molecule is COc1ccccc1N1CCN(C(=O)c2ccc(N(C)S(=O)(=O)c3ccc(Cl)cc3)cc2)CC1. The number of amides is 1. The molecule has 7 nitrogen and oxygen atoms in total. The Labute approximate surface area is 205 Å². The summed E-state index contributed by atoms with van der Waals surface area (Å²) in [5.74, 6) is 0.741. The number of rotatable bonds is 6. The topological polar surface area (TPSA) is 70.2 Å². The highest BCUT2D eigenvalue weighted by atomic mass is 35.5. The molecule has 1 amide bonds. The molecule has 0 spiro atoms. The fraction of sp³-hybridized carbons (Fsp3) is 0.240. The fourth-order valence-corrected chi connectivity index (χ4v) is 5.26. The van der Waals surface area contributed by atoms with Crippen LogP contribution in [0, 0.1) is 0 Å². The van der Waals surface area contributed by atoms with Gasteiger partial charge in [-0.25, -0.2) is 8.42 Å². The Hall–Kier alpha value is -3.23. The van der Waals surface area contributed by atoms with Crippen molar-refractivity contribution in [2.24, 2.45) is 0 Å². The summed E-state index contributed by atoms with van der Waals surface area (Å²) in [4.78, 5) is 17.2. The van der Waals surface area contributed by atoms with Crippen LogP contribution in [-0.4, -0.2) is 59.6 Å². The van der Waals surface area contributed by atoms with E-state index in [0.717, 1.165) is 11.4 Å². The Kier molecular flexibility index (Phi) is 7.00. The minimum absolute atomic E-state index is 0.0746. The molecule has 1 fully saturated rings. The number of benzene rings is 3. The van der Waals surface area contributed by atoms with Gasteiger partial charge in [0.25, 0.3) is 15.9 Å². The molecule has 0 aromatic heterocycles. The van der Waals surface area contributed by atoms with Crippen molar-refractivity contribution < 1.29 is 17.9 Å². The molecule has 3 aromatic carbocycles. The quantitative estimate of drug-likeness (QED) is 0.510. The van der Waals surface area contributed by atoms with Gasteiger partial charge in [-0.1, -0.05) is 23.7 Å². The van der Waals surface area contributed by atoms with Crippen LogP contribution in [0.2, 0.25) is 5.02 Å². The van der Waals surface area contributed by atoms with E-state index >= 15 is 0 Å². The van der Waals surface area contributed by atoms with Gasteiger partial charge < -0.3 is 14.5 Å². The average Bonchev–Trinajstić information content (AvgIpc) is 2.88. The zero-order chi connectivity index (χ0) is 24.3. The van der Waals surface area contributed by atoms with Gasteiger partial charge >= 0.3 is 0 Å². The second-order valence-corrected chi connectivity index (χ2v) is 10.3. The molecule has 1 saturated heterocycles. The molecule has 1 heterocycles. The van der Waals surface area contributed by atoms with E-state index in [1.807, 2.05) is 29.2 Å². The van der Waals surface area contributed by atoms with Crippen molar-refractivity contribution in [3.8, 4) is 5.75 Å². The number of carbonyl (C=O) groups excluding carboxylic acids is 1. The lowest BCUT2D eigenvalue weighted by molar-refractivity contribution is 0.0746. The smallest absolute Gasteiger partial charge is 0.264 e. The molecule has 0 aliphatic carbocycles. The van der Waals surface area contributed by atoms with E-state index in [4.69, 9.17) is 16.3 Å². The van der Waals surface area contributed by atoms with Crippen molar-refractivity contribution >= 4 is 38.9 Å². The third-order valence-electron chi connectivity index (χ3n) is 5.94. The van der Waals surface area contributed by atoms with Crippen molar-refractivity contribution in [2.75, 3.05) is 49.5 Å². The number of ether oxygens (including phenoxy) is 1. The van der Waals surface area contributed by atoms with Crippen LogP contribution in [0.15, 0.2) is 77.7 Å². The number of hydrogen-bond donors (Lipinski definition) is 0. The monoisotopic (exact) mass is 499 g/mol. The first-order valence-electron chi connectivity index (χ1n) is 10.8. The number of piperazine rings is 1. The van der Waals surface area contributed by atoms with Crippen LogP contribution in [-0.2, 0) is 10.0 Å². The van der Waals surface area contributed by atoms with Crippen molar-refractivity contribution in [3.63, 3.8) is 0 Å². The number of halogens is 1. The molecule has 178 valence electrons. The molecule has 0 bridgehead atoms. The predicted molar refractivity (Wildman–Crippen MR) is 135 cm³/mol. The molecule has 0 unspecified atom stereocenters. The Balaban J connectivity index is 1.42. The van der Waals surface area contributed by atoms with E-state index in [1.165, 1.54) is 35.6 Å². The van der Waals surface area contributed by atoms with Crippen LogP contribution in [0.1, 0.15) is 10.4 Å². The predicted octanol–water partition coefficient (Wildman–Crippen LogP) is 4.14. The maximum Gasteiger partial charge on any atom is 0.264 e. The van der Waals surface area contributed by atoms with Gasteiger partial charge in [0, 0.05) is 43.8 Å². The lowest BCUT2D eigenvalue weighted by atomic mass is 10.1. The van der Waals surface area contributed by atoms with Gasteiger partial charge in [0.2, 0.25) is 0 Å². The second-order valence-electron chi connectivity index (χ2n) is 7.92. The molecular formula is C25H26ClN3O4S. The Bertz CT molecular complexity index is 1260. The molecule has 1 aliphatic heterocycles. The van der Waals surface area contributed by atoms with Gasteiger partial charge in [-0.15, -0.1) is 0 Å². The highest BCUT2D eigenvalue weighted by Gasteiger charge is 2.25. The molecule has 0 saturated carbocycles. The lowest BCUT2D eigenvalue weighted by Crippen LogP contribution is -2.48. The summed E-state index contributed by atoms with van der Waals surface area (Å²) in [6.45, 7) is 2.57. The third-order valence-corrected chi connectivity index (χ3v) is 7.99. The van der Waals surface area contributed by atoms with E-state index in [9.17, 15) is 13.2 Å². The van der Waals surface area contributed by atoms with Crippen LogP contribution >= 0.6 is 11.6 Å². The summed E-state index contributed by atoms with van der Waals surface area (Å²) in [6, 6.07) is 20.5. The third kappa shape index (κ3) is 4.83. The van der Waals surface area contributed by atoms with Gasteiger partial charge in [-0.2, -0.15) is 0 Å². The number of anilines is 2. The molecule has 1 aliphatic rings. The summed E-state index contributed by atoms with van der Waals surface area (Å²) in [7, 11) is -0.600. The van der Waals surface area contributed by atoms with E-state index in [1.54, 1.807) is 31.4 Å². The summed E-state index contributed by atoms with van der Waals surface area (Å²) >= 11 is 5.87. The van der Waals surface area contributed by atoms with E-state index in [0.29, 0.717) is 42.5 Å². The van der Waals surface area contributed by atoms with Gasteiger partial charge in [-0.3, -0.25) is 9.10 Å². The number of nitrogens with zero attached hydrogens (tertiary/aromatic N) is 3. The summed E-state index contributed by atoms with van der Waals surface area (Å²) < 4.78 is 32.4. The first-order chi connectivity index (χ1) is 16.3.